The van der Waals surface area contributed by atoms with Crippen LogP contribution in [0.25, 0.3) is 5.57 Å². The molecule has 1 aromatic carbocycles. The molecule has 0 atom stereocenters. The van der Waals surface area contributed by atoms with Gasteiger partial charge < -0.3 is 9.84 Å². The molecule has 0 fully saturated rings. The maximum Gasteiger partial charge on any atom is 0.340 e. The van der Waals surface area contributed by atoms with Crippen molar-refractivity contribution in [2.75, 3.05) is 6.79 Å². The number of benzene rings is 1. The van der Waals surface area contributed by atoms with E-state index >= 15 is 0 Å². The summed E-state index contributed by atoms with van der Waals surface area (Å²) in [5.74, 6) is -0.596. The molecule has 0 heterocycles. The zero-order valence-electron chi connectivity index (χ0n) is 7.99. The molecule has 0 aliphatic heterocycles. The maximum atomic E-state index is 11.2. The summed E-state index contributed by atoms with van der Waals surface area (Å²) in [5.41, 5.74) is 1.95. The molecule has 0 aliphatic rings. The second-order valence-corrected chi connectivity index (χ2v) is 2.85. The van der Waals surface area contributed by atoms with Gasteiger partial charge in [-0.1, -0.05) is 30.8 Å². The zero-order chi connectivity index (χ0) is 10.6. The van der Waals surface area contributed by atoms with E-state index in [4.69, 9.17) is 5.11 Å². The Kier molecular flexibility index (Phi) is 3.42. The van der Waals surface area contributed by atoms with Crippen molar-refractivity contribution in [3.8, 4) is 0 Å². The molecule has 0 spiro atoms. The molecule has 74 valence electrons. The first-order chi connectivity index (χ1) is 6.66. The summed E-state index contributed by atoms with van der Waals surface area (Å²) < 4.78 is 4.43. The summed E-state index contributed by atoms with van der Waals surface area (Å²) >= 11 is 0. The lowest BCUT2D eigenvalue weighted by Crippen LogP contribution is -2.07. The smallest absolute Gasteiger partial charge is 0.340 e. The number of carbonyl (C=O) groups excluding carboxylic acids is 1. The summed E-state index contributed by atoms with van der Waals surface area (Å²) in [6.45, 7) is 4.88. The number of hydrogen-bond donors (Lipinski definition) is 1. The van der Waals surface area contributed by atoms with Gasteiger partial charge in [-0.25, -0.2) is 4.79 Å². The quantitative estimate of drug-likeness (QED) is 0.448. The molecule has 14 heavy (non-hydrogen) atoms. The molecular weight excluding hydrogens is 180 g/mol. The van der Waals surface area contributed by atoms with E-state index in [1.165, 1.54) is 0 Å². The van der Waals surface area contributed by atoms with E-state index in [0.717, 1.165) is 11.1 Å². The highest BCUT2D eigenvalue weighted by Gasteiger charge is 2.11. The number of esters is 1. The van der Waals surface area contributed by atoms with Gasteiger partial charge in [-0.15, -0.1) is 0 Å². The molecule has 3 heteroatoms. The largest absolute Gasteiger partial charge is 0.435 e. The lowest BCUT2D eigenvalue weighted by molar-refractivity contribution is -0.144. The van der Waals surface area contributed by atoms with Crippen LogP contribution in [0.2, 0.25) is 0 Å². The van der Waals surface area contributed by atoms with E-state index in [-0.39, 0.29) is 5.57 Å². The molecule has 0 unspecified atom stereocenters. The second kappa shape index (κ2) is 4.58. The van der Waals surface area contributed by atoms with Crippen molar-refractivity contribution in [1.82, 2.24) is 0 Å². The van der Waals surface area contributed by atoms with Gasteiger partial charge in [0.1, 0.15) is 0 Å². The molecular formula is C11H12O3. The van der Waals surface area contributed by atoms with Crippen molar-refractivity contribution >= 4 is 11.5 Å². The van der Waals surface area contributed by atoms with Crippen LogP contribution >= 0.6 is 0 Å². The van der Waals surface area contributed by atoms with Crippen LogP contribution in [-0.2, 0) is 9.53 Å². The Morgan fingerprint density at radius 2 is 2.14 bits per heavy atom. The predicted octanol–water partition coefficient (Wildman–Crippen LogP) is 1.50. The number of carbonyl (C=O) groups is 1. The third-order valence-electron chi connectivity index (χ3n) is 1.91. The normalized spacial score (nSPS) is 9.57. The first-order valence-corrected chi connectivity index (χ1v) is 4.19. The van der Waals surface area contributed by atoms with E-state index in [2.05, 4.69) is 11.3 Å². The highest BCUT2D eigenvalue weighted by molar-refractivity contribution is 6.15. The van der Waals surface area contributed by atoms with Crippen molar-refractivity contribution in [2.24, 2.45) is 0 Å². The van der Waals surface area contributed by atoms with Gasteiger partial charge in [0.2, 0.25) is 0 Å². The fraction of sp³-hybridized carbons (Fsp3) is 0.182. The fourth-order valence-electron chi connectivity index (χ4n) is 1.17. The lowest BCUT2D eigenvalue weighted by Gasteiger charge is -2.07. The summed E-state index contributed by atoms with van der Waals surface area (Å²) in [6.07, 6.45) is 0. The summed E-state index contributed by atoms with van der Waals surface area (Å²) in [4.78, 5) is 11.2. The lowest BCUT2D eigenvalue weighted by atomic mass is 10.0. The van der Waals surface area contributed by atoms with Crippen LogP contribution in [0.15, 0.2) is 30.8 Å². The summed E-state index contributed by atoms with van der Waals surface area (Å²) in [6, 6.07) is 7.37. The predicted molar refractivity (Wildman–Crippen MR) is 53.4 cm³/mol. The summed E-state index contributed by atoms with van der Waals surface area (Å²) in [5, 5.41) is 8.42. The number of aliphatic hydroxyl groups is 1. The van der Waals surface area contributed by atoms with Gasteiger partial charge in [-0.05, 0) is 18.1 Å². The second-order valence-electron chi connectivity index (χ2n) is 2.85. The first-order valence-electron chi connectivity index (χ1n) is 4.19. The van der Waals surface area contributed by atoms with Crippen LogP contribution in [0, 0.1) is 6.92 Å². The average Bonchev–Trinajstić information content (AvgIpc) is 2.18. The van der Waals surface area contributed by atoms with Crippen molar-refractivity contribution < 1.29 is 14.6 Å². The molecule has 0 aromatic heterocycles. The molecule has 1 rings (SSSR count). The molecule has 0 radical (unpaired) electrons. The Morgan fingerprint density at radius 1 is 1.50 bits per heavy atom. The third-order valence-corrected chi connectivity index (χ3v) is 1.91. The van der Waals surface area contributed by atoms with Crippen LogP contribution in [0.5, 0.6) is 0 Å². The van der Waals surface area contributed by atoms with Crippen molar-refractivity contribution in [3.63, 3.8) is 0 Å². The molecule has 0 amide bonds. The number of ether oxygens (including phenoxy) is 1. The van der Waals surface area contributed by atoms with Crippen molar-refractivity contribution in [1.29, 1.82) is 0 Å². The Hall–Kier alpha value is -1.61. The van der Waals surface area contributed by atoms with Crippen LogP contribution in [0.1, 0.15) is 11.1 Å². The number of hydrogen-bond acceptors (Lipinski definition) is 3. The maximum absolute atomic E-state index is 11.2. The minimum absolute atomic E-state index is 0.261. The molecule has 0 bridgehead atoms. The number of rotatable bonds is 3. The molecule has 1 aromatic rings. The molecule has 3 nitrogen and oxygen atoms in total. The topological polar surface area (TPSA) is 46.5 Å². The van der Waals surface area contributed by atoms with E-state index in [0.29, 0.717) is 0 Å². The van der Waals surface area contributed by atoms with Gasteiger partial charge >= 0.3 is 5.97 Å². The minimum Gasteiger partial charge on any atom is -0.435 e. The van der Waals surface area contributed by atoms with Crippen LogP contribution in [0.4, 0.5) is 0 Å². The fourth-order valence-corrected chi connectivity index (χ4v) is 1.17. The monoisotopic (exact) mass is 192 g/mol. The van der Waals surface area contributed by atoms with Crippen LogP contribution in [0.3, 0.4) is 0 Å². The zero-order valence-corrected chi connectivity index (χ0v) is 7.99. The Balaban J connectivity index is 2.90. The van der Waals surface area contributed by atoms with Gasteiger partial charge in [-0.3, -0.25) is 0 Å². The first kappa shape index (κ1) is 10.5. The van der Waals surface area contributed by atoms with Gasteiger partial charge in [0.25, 0.3) is 0 Å². The molecule has 0 saturated carbocycles. The van der Waals surface area contributed by atoms with Crippen molar-refractivity contribution in [3.05, 3.63) is 42.0 Å². The van der Waals surface area contributed by atoms with Gasteiger partial charge in [0, 0.05) is 0 Å². The molecule has 1 N–H and O–H groups in total. The SMILES string of the molecule is C=C(C(=O)OCO)c1ccccc1C. The van der Waals surface area contributed by atoms with E-state index < -0.39 is 12.8 Å². The van der Waals surface area contributed by atoms with Crippen molar-refractivity contribution in [2.45, 2.75) is 6.92 Å². The van der Waals surface area contributed by atoms with Gasteiger partial charge in [0.15, 0.2) is 6.79 Å². The van der Waals surface area contributed by atoms with E-state index in [9.17, 15) is 4.79 Å². The van der Waals surface area contributed by atoms with E-state index in [1.54, 1.807) is 6.07 Å². The molecule has 0 saturated heterocycles. The standard InChI is InChI=1S/C11H12O3/c1-8-5-3-4-6-10(8)9(2)11(13)14-7-12/h3-6,12H,2,7H2,1H3. The Morgan fingerprint density at radius 3 is 2.71 bits per heavy atom. The minimum atomic E-state index is -0.621. The molecule has 0 aliphatic carbocycles. The average molecular weight is 192 g/mol. The third kappa shape index (κ3) is 2.20. The van der Waals surface area contributed by atoms with Gasteiger partial charge in [-0.2, -0.15) is 0 Å². The highest BCUT2D eigenvalue weighted by atomic mass is 16.6. The number of aliphatic hydroxyl groups excluding tert-OH is 1. The van der Waals surface area contributed by atoms with E-state index in [1.807, 2.05) is 25.1 Å². The highest BCUT2D eigenvalue weighted by Crippen LogP contribution is 2.17. The van der Waals surface area contributed by atoms with Crippen LogP contribution in [-0.4, -0.2) is 17.9 Å². The van der Waals surface area contributed by atoms with Crippen LogP contribution < -0.4 is 0 Å². The Bertz CT molecular complexity index is 355. The van der Waals surface area contributed by atoms with Gasteiger partial charge in [0.05, 0.1) is 5.57 Å². The Labute approximate surface area is 82.6 Å². The number of aryl methyl sites for hydroxylation is 1. The summed E-state index contributed by atoms with van der Waals surface area (Å²) in [7, 11) is 0.